The van der Waals surface area contributed by atoms with E-state index in [-0.39, 0.29) is 0 Å². The van der Waals surface area contributed by atoms with Gasteiger partial charge in [-0.05, 0) is 59.2 Å². The van der Waals surface area contributed by atoms with Crippen LogP contribution in [0.2, 0.25) is 0 Å². The van der Waals surface area contributed by atoms with Crippen LogP contribution in [-0.2, 0) is 19.4 Å². The van der Waals surface area contributed by atoms with E-state index in [1.165, 1.54) is 78.6 Å². The fraction of sp³-hybridized carbons (Fsp3) is 0.522. The SMILES string of the molecule is C[C]1[C](C)[C](C)[C](C)[C]1C.C[C]1[C](C)[C](C)[C](C)[C]1C.[CH2-]CC.[Cl][Ti+]. The molecular weight excluding hydrogens is 360 g/mol. The van der Waals surface area contributed by atoms with Crippen LogP contribution in [0.4, 0.5) is 0 Å². The molecule has 2 fully saturated rings. The van der Waals surface area contributed by atoms with E-state index < -0.39 is 0 Å². The van der Waals surface area contributed by atoms with Gasteiger partial charge in [0.2, 0.25) is 0 Å². The molecule has 0 amide bonds. The minimum atomic E-state index is 1.00. The Morgan fingerprint density at radius 2 is 0.520 bits per heavy atom. The topological polar surface area (TPSA) is 0 Å². The molecule has 2 saturated carbocycles. The van der Waals surface area contributed by atoms with Crippen molar-refractivity contribution in [2.75, 3.05) is 0 Å². The van der Waals surface area contributed by atoms with Crippen molar-refractivity contribution in [2.45, 2.75) is 82.6 Å². The number of hydrogen-bond donors (Lipinski definition) is 0. The van der Waals surface area contributed by atoms with E-state index in [1.807, 2.05) is 6.92 Å². The molecule has 10 radical (unpaired) electrons. The molecule has 2 aliphatic carbocycles. The molecule has 0 aliphatic heterocycles. The van der Waals surface area contributed by atoms with Gasteiger partial charge in [-0.25, -0.2) is 0 Å². The van der Waals surface area contributed by atoms with Crippen molar-refractivity contribution in [1.29, 1.82) is 0 Å². The zero-order valence-corrected chi connectivity index (χ0v) is 20.6. The third-order valence-corrected chi connectivity index (χ3v) is 5.62. The Labute approximate surface area is 176 Å². The Balaban J connectivity index is 0. The Kier molecular flexibility index (Phi) is 15.9. The summed E-state index contributed by atoms with van der Waals surface area (Å²) in [6, 6.07) is 0. The predicted molar refractivity (Wildman–Crippen MR) is 111 cm³/mol. The molecule has 0 unspecified atom stereocenters. The van der Waals surface area contributed by atoms with Gasteiger partial charge in [0, 0.05) is 0 Å². The average molecular weight is 397 g/mol. The monoisotopic (exact) mass is 396 g/mol. The van der Waals surface area contributed by atoms with E-state index >= 15 is 0 Å². The molecule has 0 nitrogen and oxygen atoms in total. The van der Waals surface area contributed by atoms with Crippen LogP contribution in [0.15, 0.2) is 0 Å². The molecule has 0 saturated heterocycles. The molecule has 0 aromatic heterocycles. The normalized spacial score (nSPS) is 23.7. The van der Waals surface area contributed by atoms with E-state index in [9.17, 15) is 0 Å². The van der Waals surface area contributed by atoms with Crippen LogP contribution in [0.1, 0.15) is 82.6 Å². The molecule has 2 heteroatoms. The molecule has 2 aliphatic rings. The van der Waals surface area contributed by atoms with Crippen molar-refractivity contribution in [3.05, 3.63) is 66.1 Å². The van der Waals surface area contributed by atoms with Gasteiger partial charge in [0.1, 0.15) is 0 Å². The summed E-state index contributed by atoms with van der Waals surface area (Å²) < 4.78 is 0. The van der Waals surface area contributed by atoms with E-state index in [4.69, 9.17) is 0 Å². The van der Waals surface area contributed by atoms with Crippen LogP contribution in [0, 0.1) is 66.1 Å². The Bertz CT molecular complexity index is 200. The summed E-state index contributed by atoms with van der Waals surface area (Å²) in [5.74, 6) is 14.7. The maximum atomic E-state index is 4.64. The molecule has 0 aromatic carbocycles. The van der Waals surface area contributed by atoms with Gasteiger partial charge in [0.15, 0.2) is 0 Å². The van der Waals surface area contributed by atoms with Crippen molar-refractivity contribution >= 4 is 9.30 Å². The van der Waals surface area contributed by atoms with Crippen LogP contribution in [0.25, 0.3) is 0 Å². The molecule has 0 bridgehead atoms. The number of hydrogen-bond acceptors (Lipinski definition) is 0. The first-order valence-corrected chi connectivity index (χ1v) is 11.0. The summed E-state index contributed by atoms with van der Waals surface area (Å²) in [5.41, 5.74) is 0. The second kappa shape index (κ2) is 14.1. The van der Waals surface area contributed by atoms with Gasteiger partial charge in [-0.2, -0.15) is 6.42 Å². The Morgan fingerprint density at radius 3 is 0.560 bits per heavy atom. The quantitative estimate of drug-likeness (QED) is 0.288. The third-order valence-electron chi connectivity index (χ3n) is 5.62. The predicted octanol–water partition coefficient (Wildman–Crippen LogP) is 7.86. The number of rotatable bonds is 0. The van der Waals surface area contributed by atoms with E-state index in [0.717, 1.165) is 6.42 Å². The van der Waals surface area contributed by atoms with Crippen LogP contribution >= 0.6 is 9.30 Å². The van der Waals surface area contributed by atoms with Gasteiger partial charge >= 0.3 is 28.7 Å². The van der Waals surface area contributed by atoms with Gasteiger partial charge in [-0.1, -0.05) is 76.2 Å². The molecule has 2 rings (SSSR count). The van der Waals surface area contributed by atoms with E-state index in [2.05, 4.69) is 85.5 Å². The summed E-state index contributed by atoms with van der Waals surface area (Å²) in [6.45, 7) is 27.5. The van der Waals surface area contributed by atoms with Gasteiger partial charge in [-0.3, -0.25) is 0 Å². The van der Waals surface area contributed by atoms with E-state index in [1.54, 1.807) is 0 Å². The zero-order chi connectivity index (χ0) is 20.5. The fourth-order valence-electron chi connectivity index (χ4n) is 2.81. The van der Waals surface area contributed by atoms with Gasteiger partial charge in [0.25, 0.3) is 0 Å². The van der Waals surface area contributed by atoms with Crippen molar-refractivity contribution in [1.82, 2.24) is 0 Å². The van der Waals surface area contributed by atoms with Crippen LogP contribution < -0.4 is 0 Å². The standard InChI is InChI=1S/2C10H15.C3H7.ClH.Ti/c2*1-6-7(2)9(4)10(5)8(6)3;1-3-2;;/h2*1-5H3;1,3H2,2H3;1H;/q;;-1;;+2/p-1. The first-order valence-electron chi connectivity index (χ1n) is 8.90. The van der Waals surface area contributed by atoms with Crippen molar-refractivity contribution < 1.29 is 19.4 Å². The summed E-state index contributed by atoms with van der Waals surface area (Å²) in [7, 11) is 4.64. The van der Waals surface area contributed by atoms with Gasteiger partial charge < -0.3 is 6.92 Å². The Hall–Kier alpha value is 1.00. The van der Waals surface area contributed by atoms with Crippen molar-refractivity contribution in [3.8, 4) is 0 Å². The average Bonchev–Trinajstić information content (AvgIpc) is 2.88. The second-order valence-corrected chi connectivity index (χ2v) is 6.75. The molecule has 0 heterocycles. The summed E-state index contributed by atoms with van der Waals surface area (Å²) in [5, 5.41) is 0. The van der Waals surface area contributed by atoms with Crippen LogP contribution in [0.3, 0.4) is 0 Å². The van der Waals surface area contributed by atoms with E-state index in [0.29, 0.717) is 0 Å². The third kappa shape index (κ3) is 7.87. The minimum absolute atomic E-state index is 1.00. The summed E-state index contributed by atoms with van der Waals surface area (Å²) in [4.78, 5) is 0. The zero-order valence-electron chi connectivity index (χ0n) is 18.3. The molecule has 0 N–H and O–H groups in total. The first kappa shape index (κ1) is 28.2. The Morgan fingerprint density at radius 1 is 0.480 bits per heavy atom. The van der Waals surface area contributed by atoms with Crippen molar-refractivity contribution in [3.63, 3.8) is 0 Å². The molecule has 0 spiro atoms. The van der Waals surface area contributed by atoms with Crippen molar-refractivity contribution in [2.24, 2.45) is 0 Å². The fourth-order valence-corrected chi connectivity index (χ4v) is 2.81. The molecule has 0 atom stereocenters. The van der Waals surface area contributed by atoms with Gasteiger partial charge in [0.05, 0.1) is 0 Å². The maximum absolute atomic E-state index is 4.64. The number of halogens is 1. The summed E-state index contributed by atoms with van der Waals surface area (Å²) >= 11 is 1.47. The molecule has 140 valence electrons. The second-order valence-electron chi connectivity index (χ2n) is 6.75. The van der Waals surface area contributed by atoms with Gasteiger partial charge in [-0.15, -0.1) is 0 Å². The van der Waals surface area contributed by atoms with Crippen LogP contribution in [-0.4, -0.2) is 0 Å². The van der Waals surface area contributed by atoms with Crippen LogP contribution in [0.5, 0.6) is 0 Å². The molecule has 0 aromatic rings. The first-order chi connectivity index (χ1) is 11.5. The summed E-state index contributed by atoms with van der Waals surface area (Å²) in [6.07, 6.45) is 1.00. The molecular formula is C23H37ClTi. The molecule has 25 heavy (non-hydrogen) atoms.